The van der Waals surface area contributed by atoms with Crippen molar-refractivity contribution >= 4 is 11.8 Å². The summed E-state index contributed by atoms with van der Waals surface area (Å²) in [5, 5.41) is 3.67. The van der Waals surface area contributed by atoms with Crippen LogP contribution in [0.1, 0.15) is 24.0 Å². The molecule has 1 saturated heterocycles. The van der Waals surface area contributed by atoms with Crippen molar-refractivity contribution in [2.24, 2.45) is 23.7 Å². The Morgan fingerprint density at radius 2 is 1.30 bits per heavy atom. The summed E-state index contributed by atoms with van der Waals surface area (Å²) in [4.78, 5) is 27.7. The molecule has 2 amide bonds. The Kier molecular flexibility index (Phi) is 4.09. The van der Waals surface area contributed by atoms with Crippen LogP contribution in [0, 0.1) is 23.7 Å². The Hall–Kier alpha value is -2.46. The van der Waals surface area contributed by atoms with E-state index in [4.69, 9.17) is 0 Å². The summed E-state index contributed by atoms with van der Waals surface area (Å²) in [5.74, 6) is 0.448. The van der Waals surface area contributed by atoms with Crippen LogP contribution in [0.3, 0.4) is 0 Å². The van der Waals surface area contributed by atoms with E-state index in [0.29, 0.717) is 18.4 Å². The van der Waals surface area contributed by atoms with Gasteiger partial charge in [0.2, 0.25) is 11.8 Å². The first-order valence-electron chi connectivity index (χ1n) is 9.90. The number of nitrogens with zero attached hydrogens (tertiary/aromatic N) is 1. The average Bonchev–Trinajstić information content (AvgIpc) is 3.33. The van der Waals surface area contributed by atoms with Crippen LogP contribution in [0.4, 0.5) is 0 Å². The number of amides is 2. The van der Waals surface area contributed by atoms with Crippen molar-refractivity contribution in [3.05, 3.63) is 71.8 Å². The van der Waals surface area contributed by atoms with Crippen LogP contribution in [-0.2, 0) is 22.7 Å². The molecule has 2 bridgehead atoms. The highest BCUT2D eigenvalue weighted by Gasteiger charge is 2.64. The van der Waals surface area contributed by atoms with E-state index in [1.165, 1.54) is 10.5 Å². The molecule has 138 valence electrons. The predicted molar refractivity (Wildman–Crippen MR) is 102 cm³/mol. The van der Waals surface area contributed by atoms with Crippen LogP contribution in [0.25, 0.3) is 0 Å². The summed E-state index contributed by atoms with van der Waals surface area (Å²) in [5.41, 5.74) is 2.27. The van der Waals surface area contributed by atoms with Gasteiger partial charge in [0.15, 0.2) is 0 Å². The lowest BCUT2D eigenvalue weighted by Crippen LogP contribution is -2.39. The number of carbonyl (C=O) groups excluding carboxylic acids is 2. The lowest BCUT2D eigenvalue weighted by Gasteiger charge is -2.23. The zero-order valence-corrected chi connectivity index (χ0v) is 15.3. The summed E-state index contributed by atoms with van der Waals surface area (Å²) in [6.07, 6.45) is 2.10. The molecule has 0 spiro atoms. The van der Waals surface area contributed by atoms with Crippen molar-refractivity contribution in [3.8, 4) is 0 Å². The molecule has 1 heterocycles. The summed E-state index contributed by atoms with van der Waals surface area (Å²) in [6.45, 7) is 1.21. The number of rotatable bonds is 5. The molecule has 1 aliphatic heterocycles. The quantitative estimate of drug-likeness (QED) is 0.834. The number of carbonyl (C=O) groups is 2. The molecule has 27 heavy (non-hydrogen) atoms. The van der Waals surface area contributed by atoms with E-state index in [2.05, 4.69) is 17.4 Å². The van der Waals surface area contributed by atoms with Crippen molar-refractivity contribution in [1.82, 2.24) is 10.2 Å². The van der Waals surface area contributed by atoms with E-state index in [9.17, 15) is 9.59 Å². The van der Waals surface area contributed by atoms with Crippen LogP contribution in [0.5, 0.6) is 0 Å². The maximum Gasteiger partial charge on any atom is 0.233 e. The highest BCUT2D eigenvalue weighted by atomic mass is 16.2. The summed E-state index contributed by atoms with van der Waals surface area (Å²) in [6, 6.07) is 20.4. The minimum atomic E-state index is -0.117. The number of benzene rings is 2. The van der Waals surface area contributed by atoms with Crippen LogP contribution < -0.4 is 5.32 Å². The molecule has 1 N–H and O–H groups in total. The first-order chi connectivity index (χ1) is 13.2. The van der Waals surface area contributed by atoms with Gasteiger partial charge < -0.3 is 5.32 Å². The van der Waals surface area contributed by atoms with Gasteiger partial charge in [0.25, 0.3) is 0 Å². The monoisotopic (exact) mass is 360 g/mol. The average molecular weight is 360 g/mol. The van der Waals surface area contributed by atoms with E-state index in [0.717, 1.165) is 24.9 Å². The van der Waals surface area contributed by atoms with Gasteiger partial charge in [0, 0.05) is 12.6 Å². The minimum Gasteiger partial charge on any atom is -0.309 e. The fraction of sp³-hybridized carbons (Fsp3) is 0.391. The van der Waals surface area contributed by atoms with Gasteiger partial charge in [0.1, 0.15) is 0 Å². The molecule has 0 unspecified atom stereocenters. The largest absolute Gasteiger partial charge is 0.309 e. The number of fused-ring (bicyclic) bond motifs is 5. The number of hydrogen-bond donors (Lipinski definition) is 1. The fourth-order valence-electron chi connectivity index (χ4n) is 5.60. The van der Waals surface area contributed by atoms with Crippen LogP contribution in [0.15, 0.2) is 60.7 Å². The SMILES string of the molecule is O=C1[C@H]2[C@H](C(=O)N1Cc1ccccc1)[C@H]1CC[C@H]2C1NCc1ccccc1. The Morgan fingerprint density at radius 1 is 0.778 bits per heavy atom. The second-order valence-electron chi connectivity index (χ2n) is 8.10. The molecule has 2 aliphatic carbocycles. The van der Waals surface area contributed by atoms with Gasteiger partial charge in [-0.1, -0.05) is 60.7 Å². The summed E-state index contributed by atoms with van der Waals surface area (Å²) >= 11 is 0. The van der Waals surface area contributed by atoms with Gasteiger partial charge in [-0.2, -0.15) is 0 Å². The van der Waals surface area contributed by atoms with E-state index in [1.807, 2.05) is 48.5 Å². The van der Waals surface area contributed by atoms with E-state index >= 15 is 0 Å². The van der Waals surface area contributed by atoms with Crippen molar-refractivity contribution in [1.29, 1.82) is 0 Å². The molecule has 0 aromatic heterocycles. The fourth-order valence-corrected chi connectivity index (χ4v) is 5.60. The molecule has 5 rings (SSSR count). The Labute approximate surface area is 159 Å². The first kappa shape index (κ1) is 16.7. The van der Waals surface area contributed by atoms with Crippen molar-refractivity contribution in [3.63, 3.8) is 0 Å². The highest BCUT2D eigenvalue weighted by Crippen LogP contribution is 2.56. The lowest BCUT2D eigenvalue weighted by molar-refractivity contribution is -0.141. The smallest absolute Gasteiger partial charge is 0.233 e. The second kappa shape index (κ2) is 6.61. The minimum absolute atomic E-state index is 0.0487. The Bertz CT molecular complexity index is 821. The normalized spacial score (nSPS) is 31.6. The molecular weight excluding hydrogens is 336 g/mol. The van der Waals surface area contributed by atoms with Gasteiger partial charge in [0.05, 0.1) is 18.4 Å². The molecule has 2 aromatic carbocycles. The van der Waals surface area contributed by atoms with Crippen LogP contribution in [-0.4, -0.2) is 22.8 Å². The van der Waals surface area contributed by atoms with Gasteiger partial charge in [-0.15, -0.1) is 0 Å². The van der Waals surface area contributed by atoms with Crippen molar-refractivity contribution < 1.29 is 9.59 Å². The third kappa shape index (κ3) is 2.71. The number of hydrogen-bond acceptors (Lipinski definition) is 3. The van der Waals surface area contributed by atoms with Gasteiger partial charge in [-0.05, 0) is 35.8 Å². The lowest BCUT2D eigenvalue weighted by atomic mass is 9.81. The van der Waals surface area contributed by atoms with Crippen LogP contribution >= 0.6 is 0 Å². The second-order valence-corrected chi connectivity index (χ2v) is 8.10. The van der Waals surface area contributed by atoms with Gasteiger partial charge in [-0.3, -0.25) is 14.5 Å². The molecule has 4 nitrogen and oxygen atoms in total. The maximum atomic E-state index is 13.1. The topological polar surface area (TPSA) is 49.4 Å². The van der Waals surface area contributed by atoms with E-state index in [-0.39, 0.29) is 29.7 Å². The molecule has 4 heteroatoms. The zero-order chi connectivity index (χ0) is 18.4. The highest BCUT2D eigenvalue weighted by molar-refractivity contribution is 6.06. The van der Waals surface area contributed by atoms with E-state index in [1.54, 1.807) is 0 Å². The standard InChI is InChI=1S/C23H24N2O2/c26-22-19-17-11-12-18(21(17)24-13-15-7-3-1-4-8-15)20(19)23(27)25(22)14-16-9-5-2-6-10-16/h1-10,17-21,24H,11-14H2/t17-,18-,19-,20-/m1/s1. The van der Waals surface area contributed by atoms with Crippen LogP contribution in [0.2, 0.25) is 0 Å². The third-order valence-corrected chi connectivity index (χ3v) is 6.74. The third-order valence-electron chi connectivity index (χ3n) is 6.74. The van der Waals surface area contributed by atoms with Gasteiger partial charge in [-0.25, -0.2) is 0 Å². The summed E-state index contributed by atoms with van der Waals surface area (Å²) in [7, 11) is 0. The Morgan fingerprint density at radius 3 is 1.85 bits per heavy atom. The molecule has 3 fully saturated rings. The summed E-state index contributed by atoms with van der Waals surface area (Å²) < 4.78 is 0. The van der Waals surface area contributed by atoms with Crippen molar-refractivity contribution in [2.45, 2.75) is 32.0 Å². The molecule has 2 aromatic rings. The van der Waals surface area contributed by atoms with Crippen molar-refractivity contribution in [2.75, 3.05) is 0 Å². The first-order valence-corrected chi connectivity index (χ1v) is 9.90. The number of imide groups is 1. The van der Waals surface area contributed by atoms with Gasteiger partial charge >= 0.3 is 0 Å². The molecule has 3 aliphatic rings. The molecule has 2 saturated carbocycles. The zero-order valence-electron chi connectivity index (χ0n) is 15.3. The number of likely N-dealkylation sites (tertiary alicyclic amines) is 1. The number of nitrogens with one attached hydrogen (secondary N) is 1. The molecule has 4 atom stereocenters. The van der Waals surface area contributed by atoms with E-state index < -0.39 is 0 Å². The predicted octanol–water partition coefficient (Wildman–Crippen LogP) is 2.99. The maximum absolute atomic E-state index is 13.1. The molecule has 0 radical (unpaired) electrons. The molecular formula is C23H24N2O2. The Balaban J connectivity index is 1.32.